The zero-order valence-corrected chi connectivity index (χ0v) is 19.5. The highest BCUT2D eigenvalue weighted by Crippen LogP contribution is 2.21. The van der Waals surface area contributed by atoms with Gasteiger partial charge in [0, 0.05) is 49.3 Å². The van der Waals surface area contributed by atoms with Crippen molar-refractivity contribution < 1.29 is 4.79 Å². The lowest BCUT2D eigenvalue weighted by Gasteiger charge is -2.35. The maximum absolute atomic E-state index is 12.8. The SMILES string of the molecule is CCN1CCN(C(=N)NC(=N)C(=O)NC(CCC(C)C)Cc2c[nH]c3ccccc23)CC1. The molecule has 174 valence electrons. The monoisotopic (exact) mass is 439 g/mol. The Morgan fingerprint density at radius 1 is 1.12 bits per heavy atom. The van der Waals surface area contributed by atoms with Crippen molar-refractivity contribution >= 4 is 28.6 Å². The summed E-state index contributed by atoms with van der Waals surface area (Å²) in [6.07, 6.45) is 4.54. The minimum Gasteiger partial charge on any atom is -0.361 e. The van der Waals surface area contributed by atoms with Gasteiger partial charge in [-0.15, -0.1) is 0 Å². The highest BCUT2D eigenvalue weighted by Gasteiger charge is 2.22. The molecule has 1 aromatic carbocycles. The summed E-state index contributed by atoms with van der Waals surface area (Å²) < 4.78 is 0. The molecule has 0 bridgehead atoms. The minimum absolute atomic E-state index is 0.0754. The Balaban J connectivity index is 1.59. The molecular weight excluding hydrogens is 402 g/mol. The summed E-state index contributed by atoms with van der Waals surface area (Å²) in [5.41, 5.74) is 2.25. The highest BCUT2D eigenvalue weighted by molar-refractivity contribution is 6.39. The van der Waals surface area contributed by atoms with Crippen molar-refractivity contribution in [3.63, 3.8) is 0 Å². The number of aromatic nitrogens is 1. The lowest BCUT2D eigenvalue weighted by molar-refractivity contribution is -0.115. The molecule has 1 saturated heterocycles. The van der Waals surface area contributed by atoms with Crippen molar-refractivity contribution in [2.24, 2.45) is 5.92 Å². The molecule has 2 aromatic rings. The molecular formula is C24H37N7O. The number of para-hydroxylation sites is 1. The van der Waals surface area contributed by atoms with Crippen molar-refractivity contribution in [2.75, 3.05) is 32.7 Å². The number of aromatic amines is 1. The number of benzene rings is 1. The molecule has 1 fully saturated rings. The third kappa shape index (κ3) is 6.32. The van der Waals surface area contributed by atoms with Crippen molar-refractivity contribution in [2.45, 2.75) is 46.1 Å². The van der Waals surface area contributed by atoms with E-state index in [1.165, 1.54) is 0 Å². The van der Waals surface area contributed by atoms with Gasteiger partial charge in [-0.25, -0.2) is 0 Å². The zero-order chi connectivity index (χ0) is 23.1. The second-order valence-electron chi connectivity index (χ2n) is 8.98. The Hall–Kier alpha value is -2.87. The van der Waals surface area contributed by atoms with Gasteiger partial charge in [0.15, 0.2) is 11.8 Å². The van der Waals surface area contributed by atoms with Crippen molar-refractivity contribution in [3.8, 4) is 0 Å². The topological polar surface area (TPSA) is 111 Å². The predicted molar refractivity (Wildman–Crippen MR) is 130 cm³/mol. The van der Waals surface area contributed by atoms with Crippen molar-refractivity contribution in [1.82, 2.24) is 25.4 Å². The Morgan fingerprint density at radius 3 is 2.53 bits per heavy atom. The second kappa shape index (κ2) is 11.1. The number of H-pyrrole nitrogens is 1. The number of guanidine groups is 1. The van der Waals surface area contributed by atoms with Crippen LogP contribution in [0.25, 0.3) is 10.9 Å². The molecule has 1 atom stereocenters. The van der Waals surface area contributed by atoms with Crippen LogP contribution in [0.4, 0.5) is 0 Å². The van der Waals surface area contributed by atoms with Gasteiger partial charge in [-0.1, -0.05) is 39.0 Å². The molecule has 3 rings (SSSR count). The third-order valence-corrected chi connectivity index (χ3v) is 6.18. The Bertz CT molecular complexity index is 927. The zero-order valence-electron chi connectivity index (χ0n) is 19.5. The predicted octanol–water partition coefficient (Wildman–Crippen LogP) is 2.77. The molecule has 1 unspecified atom stereocenters. The molecule has 8 heteroatoms. The van der Waals surface area contributed by atoms with Crippen LogP contribution in [0.3, 0.4) is 0 Å². The van der Waals surface area contributed by atoms with Gasteiger partial charge in [0.25, 0.3) is 5.91 Å². The lowest BCUT2D eigenvalue weighted by atomic mass is 9.97. The molecule has 1 aromatic heterocycles. The number of rotatable bonds is 7. The summed E-state index contributed by atoms with van der Waals surface area (Å²) in [4.78, 5) is 20.3. The maximum Gasteiger partial charge on any atom is 0.286 e. The summed E-state index contributed by atoms with van der Waals surface area (Å²) in [7, 11) is 0. The number of hydrogen-bond acceptors (Lipinski definition) is 4. The van der Waals surface area contributed by atoms with Crippen LogP contribution in [0, 0.1) is 16.7 Å². The number of carbonyl (C=O) groups excluding carboxylic acids is 1. The first-order valence-electron chi connectivity index (χ1n) is 11.6. The van der Waals surface area contributed by atoms with Crippen molar-refractivity contribution in [1.29, 1.82) is 10.8 Å². The quantitative estimate of drug-likeness (QED) is 0.337. The summed E-state index contributed by atoms with van der Waals surface area (Å²) in [6, 6.07) is 8.09. The number of amides is 1. The summed E-state index contributed by atoms with van der Waals surface area (Å²) in [6.45, 7) is 10.7. The van der Waals surface area contributed by atoms with Gasteiger partial charge in [-0.2, -0.15) is 0 Å². The fourth-order valence-corrected chi connectivity index (χ4v) is 4.13. The molecule has 2 heterocycles. The molecule has 0 aliphatic carbocycles. The van der Waals surface area contributed by atoms with Crippen molar-refractivity contribution in [3.05, 3.63) is 36.0 Å². The highest BCUT2D eigenvalue weighted by atomic mass is 16.2. The van der Waals surface area contributed by atoms with E-state index >= 15 is 0 Å². The molecule has 1 amide bonds. The van der Waals surface area contributed by atoms with Gasteiger partial charge < -0.3 is 25.4 Å². The Kier molecular flexibility index (Phi) is 8.27. The molecule has 8 nitrogen and oxygen atoms in total. The van der Waals surface area contributed by atoms with Crippen LogP contribution in [0.15, 0.2) is 30.5 Å². The first kappa shape index (κ1) is 23.8. The standard InChI is InChI=1S/C24H37N7O/c1-4-30-11-13-31(14-12-30)24(26)29-22(25)23(32)28-19(10-9-17(2)3)15-18-16-27-21-8-6-5-7-20(18)21/h5-8,16-17,19,27H,4,9-15H2,1-3H3,(H,28,32)(H3,25,26,29). The van der Waals surface area contributed by atoms with Gasteiger partial charge >= 0.3 is 0 Å². The number of nitrogens with zero attached hydrogens (tertiary/aromatic N) is 2. The number of carbonyl (C=O) groups is 1. The van der Waals surface area contributed by atoms with Gasteiger partial charge in [0.05, 0.1) is 0 Å². The summed E-state index contributed by atoms with van der Waals surface area (Å²) in [5.74, 6) is -0.0851. The van der Waals surface area contributed by atoms with E-state index in [1.54, 1.807) is 0 Å². The average Bonchev–Trinajstić information content (AvgIpc) is 3.20. The number of nitrogens with one attached hydrogen (secondary N) is 5. The number of fused-ring (bicyclic) bond motifs is 1. The molecule has 32 heavy (non-hydrogen) atoms. The third-order valence-electron chi connectivity index (χ3n) is 6.18. The van der Waals surface area contributed by atoms with Crippen LogP contribution >= 0.6 is 0 Å². The van der Waals surface area contributed by atoms with Crippen LogP contribution < -0.4 is 10.6 Å². The number of hydrogen-bond donors (Lipinski definition) is 5. The van der Waals surface area contributed by atoms with E-state index in [2.05, 4.69) is 47.4 Å². The Morgan fingerprint density at radius 2 is 1.84 bits per heavy atom. The van der Waals surface area contributed by atoms with E-state index in [0.29, 0.717) is 12.3 Å². The van der Waals surface area contributed by atoms with E-state index in [4.69, 9.17) is 10.8 Å². The van der Waals surface area contributed by atoms with Crippen LogP contribution in [0.5, 0.6) is 0 Å². The van der Waals surface area contributed by atoms with Crippen LogP contribution in [0.1, 0.15) is 39.2 Å². The first-order chi connectivity index (χ1) is 15.4. The van der Waals surface area contributed by atoms with Gasteiger partial charge in [-0.05, 0) is 43.4 Å². The van der Waals surface area contributed by atoms with E-state index in [1.807, 2.05) is 29.3 Å². The molecule has 0 spiro atoms. The fourth-order valence-electron chi connectivity index (χ4n) is 4.13. The van der Waals surface area contributed by atoms with Gasteiger partial charge in [-0.3, -0.25) is 15.6 Å². The Labute approximate surface area is 190 Å². The largest absolute Gasteiger partial charge is 0.361 e. The number of piperazine rings is 1. The van der Waals surface area contributed by atoms with Gasteiger partial charge in [0.1, 0.15) is 0 Å². The molecule has 5 N–H and O–H groups in total. The fraction of sp³-hybridized carbons (Fsp3) is 0.542. The van der Waals surface area contributed by atoms with Crippen LogP contribution in [-0.2, 0) is 11.2 Å². The van der Waals surface area contributed by atoms with Crippen LogP contribution in [-0.4, -0.2) is 71.3 Å². The number of likely N-dealkylation sites (N-methyl/N-ethyl adjacent to an activating group) is 1. The molecule has 0 radical (unpaired) electrons. The second-order valence-corrected chi connectivity index (χ2v) is 8.98. The van der Waals surface area contributed by atoms with Crippen LogP contribution in [0.2, 0.25) is 0 Å². The lowest BCUT2D eigenvalue weighted by Crippen LogP contribution is -2.55. The first-order valence-corrected chi connectivity index (χ1v) is 11.6. The molecule has 1 aliphatic rings. The van der Waals surface area contributed by atoms with E-state index in [-0.39, 0.29) is 17.8 Å². The van der Waals surface area contributed by atoms with E-state index < -0.39 is 5.91 Å². The minimum atomic E-state index is -0.462. The average molecular weight is 440 g/mol. The van der Waals surface area contributed by atoms with Gasteiger partial charge in [0.2, 0.25) is 0 Å². The molecule has 0 saturated carbocycles. The maximum atomic E-state index is 12.8. The van der Waals surface area contributed by atoms with E-state index in [0.717, 1.165) is 62.0 Å². The van der Waals surface area contributed by atoms with E-state index in [9.17, 15) is 4.79 Å². The number of amidine groups is 1. The summed E-state index contributed by atoms with van der Waals surface area (Å²) in [5, 5.41) is 23.4. The summed E-state index contributed by atoms with van der Waals surface area (Å²) >= 11 is 0. The normalized spacial score (nSPS) is 15.7. The molecule has 1 aliphatic heterocycles. The smallest absolute Gasteiger partial charge is 0.286 e.